The molecule has 0 N–H and O–H groups in total. The van der Waals surface area contributed by atoms with Crippen molar-refractivity contribution in [1.29, 1.82) is 0 Å². The van der Waals surface area contributed by atoms with Gasteiger partial charge in [-0.2, -0.15) is 8.42 Å². The fourth-order valence-corrected chi connectivity index (χ4v) is 1.98. The van der Waals surface area contributed by atoms with E-state index in [0.717, 1.165) is 23.7 Å². The van der Waals surface area contributed by atoms with Crippen LogP contribution in [0.25, 0.3) is 0 Å². The Hall–Kier alpha value is -1.40. The summed E-state index contributed by atoms with van der Waals surface area (Å²) < 4.78 is 31.5. The van der Waals surface area contributed by atoms with Crippen LogP contribution in [0.1, 0.15) is 21.5 Å². The van der Waals surface area contributed by atoms with Gasteiger partial charge >= 0.3 is 0 Å². The number of aryl methyl sites for hydroxylation is 2. The summed E-state index contributed by atoms with van der Waals surface area (Å²) in [5, 5.41) is 0. The Morgan fingerprint density at radius 2 is 1.72 bits per heavy atom. The van der Waals surface area contributed by atoms with E-state index in [1.807, 2.05) is 13.8 Å². The highest BCUT2D eigenvalue weighted by Crippen LogP contribution is 2.24. The Morgan fingerprint density at radius 3 is 2.17 bits per heavy atom. The first-order chi connectivity index (χ1) is 8.33. The van der Waals surface area contributed by atoms with Gasteiger partial charge < -0.3 is 4.74 Å². The molecule has 0 bridgehead atoms. The van der Waals surface area contributed by atoms with Crippen molar-refractivity contribution >= 4 is 16.4 Å². The zero-order valence-electron chi connectivity index (χ0n) is 10.6. The molecule has 0 unspecified atom stereocenters. The third-order valence-corrected chi connectivity index (χ3v) is 2.84. The number of carbonyl (C=O) groups is 1. The van der Waals surface area contributed by atoms with Crippen LogP contribution in [0.15, 0.2) is 12.1 Å². The van der Waals surface area contributed by atoms with Gasteiger partial charge in [-0.05, 0) is 37.1 Å². The van der Waals surface area contributed by atoms with Crippen LogP contribution < -0.4 is 4.74 Å². The van der Waals surface area contributed by atoms with Crippen molar-refractivity contribution in [2.75, 3.05) is 19.5 Å². The van der Waals surface area contributed by atoms with Crippen molar-refractivity contribution in [1.82, 2.24) is 0 Å². The summed E-state index contributed by atoms with van der Waals surface area (Å²) in [6, 6.07) is 3.43. The SMILES string of the molecule is Cc1cc(C=O)cc(C)c1OCCOS(C)(=O)=O. The van der Waals surface area contributed by atoms with Crippen LogP contribution in [0, 0.1) is 13.8 Å². The van der Waals surface area contributed by atoms with E-state index in [-0.39, 0.29) is 13.2 Å². The highest BCUT2D eigenvalue weighted by atomic mass is 32.2. The predicted octanol–water partition coefficient (Wildman–Crippen LogP) is 1.47. The molecule has 0 aliphatic carbocycles. The van der Waals surface area contributed by atoms with Crippen LogP contribution in [0.2, 0.25) is 0 Å². The minimum absolute atomic E-state index is 0.0346. The van der Waals surface area contributed by atoms with E-state index in [1.165, 1.54) is 0 Å². The number of rotatable bonds is 6. The molecule has 5 nitrogen and oxygen atoms in total. The third-order valence-electron chi connectivity index (χ3n) is 2.25. The second kappa shape index (κ2) is 5.97. The van der Waals surface area contributed by atoms with Crippen molar-refractivity contribution in [3.8, 4) is 5.75 Å². The lowest BCUT2D eigenvalue weighted by Crippen LogP contribution is -2.12. The average Bonchev–Trinajstić information content (AvgIpc) is 2.25. The van der Waals surface area contributed by atoms with Gasteiger partial charge in [0, 0.05) is 5.56 Å². The summed E-state index contributed by atoms with van der Waals surface area (Å²) in [6.07, 6.45) is 1.76. The number of benzene rings is 1. The minimum atomic E-state index is -3.44. The standard InChI is InChI=1S/C12H16O5S/c1-9-6-11(8-13)7-10(2)12(9)16-4-5-17-18(3,14)15/h6-8H,4-5H2,1-3H3. The van der Waals surface area contributed by atoms with Crippen LogP contribution >= 0.6 is 0 Å². The molecule has 0 atom stereocenters. The Kier molecular flexibility index (Phi) is 4.86. The molecule has 18 heavy (non-hydrogen) atoms. The Bertz CT molecular complexity index is 510. The molecule has 0 aromatic heterocycles. The van der Waals surface area contributed by atoms with Gasteiger partial charge in [-0.15, -0.1) is 0 Å². The smallest absolute Gasteiger partial charge is 0.264 e. The topological polar surface area (TPSA) is 69.7 Å². The van der Waals surface area contributed by atoms with Gasteiger partial charge in [0.15, 0.2) is 0 Å². The summed E-state index contributed by atoms with van der Waals surface area (Å²) in [5.74, 6) is 0.651. The van der Waals surface area contributed by atoms with E-state index in [1.54, 1.807) is 12.1 Å². The van der Waals surface area contributed by atoms with Crippen LogP contribution in [-0.4, -0.2) is 34.2 Å². The summed E-state index contributed by atoms with van der Waals surface area (Å²) in [5.41, 5.74) is 2.25. The van der Waals surface area contributed by atoms with Gasteiger partial charge in [-0.1, -0.05) is 0 Å². The lowest BCUT2D eigenvalue weighted by molar-refractivity contribution is 0.112. The summed E-state index contributed by atoms with van der Waals surface area (Å²) in [4.78, 5) is 10.7. The molecule has 0 saturated heterocycles. The number of hydrogen-bond donors (Lipinski definition) is 0. The normalized spacial score (nSPS) is 11.3. The number of carbonyl (C=O) groups excluding carboxylic acids is 1. The maximum absolute atomic E-state index is 10.7. The van der Waals surface area contributed by atoms with E-state index in [2.05, 4.69) is 4.18 Å². The predicted molar refractivity (Wildman–Crippen MR) is 67.6 cm³/mol. The van der Waals surface area contributed by atoms with Crippen LogP contribution in [0.4, 0.5) is 0 Å². The average molecular weight is 272 g/mol. The van der Waals surface area contributed by atoms with E-state index in [0.29, 0.717) is 11.3 Å². The lowest BCUT2D eigenvalue weighted by atomic mass is 10.1. The fraction of sp³-hybridized carbons (Fsp3) is 0.417. The number of ether oxygens (including phenoxy) is 1. The van der Waals surface area contributed by atoms with E-state index in [4.69, 9.17) is 4.74 Å². The molecule has 0 fully saturated rings. The highest BCUT2D eigenvalue weighted by molar-refractivity contribution is 7.85. The van der Waals surface area contributed by atoms with Crippen LogP contribution in [-0.2, 0) is 14.3 Å². The van der Waals surface area contributed by atoms with E-state index >= 15 is 0 Å². The van der Waals surface area contributed by atoms with Gasteiger partial charge in [0.05, 0.1) is 6.26 Å². The molecule has 0 amide bonds. The molecule has 0 radical (unpaired) electrons. The monoisotopic (exact) mass is 272 g/mol. The van der Waals surface area contributed by atoms with Gasteiger partial charge in [0.1, 0.15) is 25.2 Å². The molecule has 1 aromatic carbocycles. The zero-order chi connectivity index (χ0) is 13.8. The first-order valence-electron chi connectivity index (χ1n) is 5.37. The lowest BCUT2D eigenvalue weighted by Gasteiger charge is -2.12. The van der Waals surface area contributed by atoms with Gasteiger partial charge in [0.25, 0.3) is 10.1 Å². The maximum atomic E-state index is 10.7. The largest absolute Gasteiger partial charge is 0.491 e. The summed E-state index contributed by atoms with van der Waals surface area (Å²) in [7, 11) is -3.44. The molecular formula is C12H16O5S. The van der Waals surface area contributed by atoms with Gasteiger partial charge in [0.2, 0.25) is 0 Å². The quantitative estimate of drug-likeness (QED) is 0.445. The first-order valence-corrected chi connectivity index (χ1v) is 7.19. The minimum Gasteiger partial charge on any atom is -0.491 e. The molecule has 0 saturated carbocycles. The summed E-state index contributed by atoms with van der Waals surface area (Å²) in [6.45, 7) is 3.75. The molecule has 100 valence electrons. The zero-order valence-corrected chi connectivity index (χ0v) is 11.4. The van der Waals surface area contributed by atoms with Crippen molar-refractivity contribution in [3.05, 3.63) is 28.8 Å². The molecule has 6 heteroatoms. The van der Waals surface area contributed by atoms with Crippen molar-refractivity contribution < 1.29 is 22.1 Å². The molecule has 0 aliphatic rings. The van der Waals surface area contributed by atoms with E-state index in [9.17, 15) is 13.2 Å². The Balaban J connectivity index is 2.65. The highest BCUT2D eigenvalue weighted by Gasteiger charge is 2.07. The second-order valence-corrected chi connectivity index (χ2v) is 5.62. The molecule has 1 rings (SSSR count). The molecule has 0 spiro atoms. The van der Waals surface area contributed by atoms with Gasteiger partial charge in [-0.3, -0.25) is 8.98 Å². The van der Waals surface area contributed by atoms with Crippen molar-refractivity contribution in [3.63, 3.8) is 0 Å². The van der Waals surface area contributed by atoms with E-state index < -0.39 is 10.1 Å². The maximum Gasteiger partial charge on any atom is 0.264 e. The Morgan fingerprint density at radius 1 is 1.17 bits per heavy atom. The first kappa shape index (κ1) is 14.7. The van der Waals surface area contributed by atoms with Crippen LogP contribution in [0.3, 0.4) is 0 Å². The molecular weight excluding hydrogens is 256 g/mol. The van der Waals surface area contributed by atoms with Crippen molar-refractivity contribution in [2.45, 2.75) is 13.8 Å². The van der Waals surface area contributed by atoms with Crippen LogP contribution in [0.5, 0.6) is 5.75 Å². The Labute approximate surface area is 107 Å². The van der Waals surface area contributed by atoms with Gasteiger partial charge in [-0.25, -0.2) is 0 Å². The molecule has 0 heterocycles. The molecule has 1 aromatic rings. The fourth-order valence-electron chi connectivity index (χ4n) is 1.61. The number of aldehydes is 1. The molecule has 0 aliphatic heterocycles. The third kappa shape index (κ3) is 4.46. The van der Waals surface area contributed by atoms with Crippen molar-refractivity contribution in [2.24, 2.45) is 0 Å². The summed E-state index contributed by atoms with van der Waals surface area (Å²) >= 11 is 0. The number of hydrogen-bond acceptors (Lipinski definition) is 5. The second-order valence-electron chi connectivity index (χ2n) is 3.98.